The number of carbonyl (C=O) groups is 1. The fourth-order valence-corrected chi connectivity index (χ4v) is 2.58. The number of aromatic nitrogens is 3. The average molecular weight is 314 g/mol. The molecule has 1 amide bonds. The molecule has 0 radical (unpaired) electrons. The predicted molar refractivity (Wildman–Crippen MR) is 84.6 cm³/mol. The number of hydrogen-bond donors (Lipinski definition) is 1. The van der Waals surface area contributed by atoms with Gasteiger partial charge in [0.1, 0.15) is 5.82 Å². The SMILES string of the molecule is COCCn1c(SCC(=O)NC(C)(C)C)nnc1C(C)C. The molecule has 7 heteroatoms. The van der Waals surface area contributed by atoms with Crippen LogP contribution in [-0.4, -0.2) is 45.7 Å². The molecule has 1 N–H and O–H groups in total. The Balaban J connectivity index is 2.72. The van der Waals surface area contributed by atoms with Crippen LogP contribution in [0.5, 0.6) is 0 Å². The van der Waals surface area contributed by atoms with Crippen LogP contribution in [0.2, 0.25) is 0 Å². The summed E-state index contributed by atoms with van der Waals surface area (Å²) in [5, 5.41) is 12.1. The van der Waals surface area contributed by atoms with Gasteiger partial charge in [-0.2, -0.15) is 0 Å². The number of methoxy groups -OCH3 is 1. The number of ether oxygens (including phenoxy) is 1. The van der Waals surface area contributed by atoms with Crippen LogP contribution in [0.25, 0.3) is 0 Å². The molecule has 120 valence electrons. The molecule has 0 fully saturated rings. The van der Waals surface area contributed by atoms with Crippen molar-refractivity contribution in [3.63, 3.8) is 0 Å². The molecule has 0 saturated carbocycles. The molecule has 21 heavy (non-hydrogen) atoms. The van der Waals surface area contributed by atoms with Crippen LogP contribution in [0.3, 0.4) is 0 Å². The molecule has 0 unspecified atom stereocenters. The van der Waals surface area contributed by atoms with Crippen molar-refractivity contribution in [1.82, 2.24) is 20.1 Å². The van der Waals surface area contributed by atoms with Gasteiger partial charge in [-0.3, -0.25) is 4.79 Å². The van der Waals surface area contributed by atoms with Gasteiger partial charge in [0.05, 0.1) is 12.4 Å². The van der Waals surface area contributed by atoms with Crippen molar-refractivity contribution in [1.29, 1.82) is 0 Å². The summed E-state index contributed by atoms with van der Waals surface area (Å²) in [5.41, 5.74) is -0.218. The molecule has 0 aliphatic rings. The van der Waals surface area contributed by atoms with Gasteiger partial charge in [0.2, 0.25) is 5.91 Å². The van der Waals surface area contributed by atoms with Gasteiger partial charge in [-0.15, -0.1) is 10.2 Å². The van der Waals surface area contributed by atoms with E-state index in [4.69, 9.17) is 4.74 Å². The largest absolute Gasteiger partial charge is 0.383 e. The van der Waals surface area contributed by atoms with Crippen molar-refractivity contribution < 1.29 is 9.53 Å². The lowest BCUT2D eigenvalue weighted by Crippen LogP contribution is -2.41. The summed E-state index contributed by atoms with van der Waals surface area (Å²) in [6, 6.07) is 0. The zero-order valence-corrected chi connectivity index (χ0v) is 14.6. The molecule has 1 aromatic rings. The number of rotatable bonds is 7. The summed E-state index contributed by atoms with van der Waals surface area (Å²) in [7, 11) is 1.67. The van der Waals surface area contributed by atoms with E-state index in [1.54, 1.807) is 7.11 Å². The van der Waals surface area contributed by atoms with E-state index in [0.29, 0.717) is 18.9 Å². The molecule has 6 nitrogen and oxygen atoms in total. The molecule has 0 aromatic carbocycles. The highest BCUT2D eigenvalue weighted by Gasteiger charge is 2.18. The van der Waals surface area contributed by atoms with Crippen molar-refractivity contribution in [3.05, 3.63) is 5.82 Å². The quantitative estimate of drug-likeness (QED) is 0.780. The van der Waals surface area contributed by atoms with Crippen LogP contribution in [0, 0.1) is 0 Å². The van der Waals surface area contributed by atoms with Crippen molar-refractivity contribution in [2.75, 3.05) is 19.5 Å². The second-order valence-electron chi connectivity index (χ2n) is 6.23. The monoisotopic (exact) mass is 314 g/mol. The topological polar surface area (TPSA) is 69.0 Å². The van der Waals surface area contributed by atoms with Gasteiger partial charge < -0.3 is 14.6 Å². The van der Waals surface area contributed by atoms with E-state index < -0.39 is 0 Å². The maximum absolute atomic E-state index is 11.9. The third kappa shape index (κ3) is 6.05. The molecule has 1 rings (SSSR count). The third-order valence-electron chi connectivity index (χ3n) is 2.63. The Hall–Kier alpha value is -1.08. The molecule has 0 spiro atoms. The van der Waals surface area contributed by atoms with Gasteiger partial charge in [-0.1, -0.05) is 25.6 Å². The van der Waals surface area contributed by atoms with Crippen LogP contribution in [0.4, 0.5) is 0 Å². The lowest BCUT2D eigenvalue weighted by atomic mass is 10.1. The summed E-state index contributed by atoms with van der Waals surface area (Å²) in [6.07, 6.45) is 0. The predicted octanol–water partition coefficient (Wildman–Crippen LogP) is 2.05. The number of nitrogens with zero attached hydrogens (tertiary/aromatic N) is 3. The molecule has 0 saturated heterocycles. The minimum absolute atomic E-state index is 0.000103. The van der Waals surface area contributed by atoms with E-state index in [-0.39, 0.29) is 17.4 Å². The fraction of sp³-hybridized carbons (Fsp3) is 0.786. The van der Waals surface area contributed by atoms with E-state index in [1.807, 2.05) is 25.3 Å². The molecule has 0 atom stereocenters. The minimum Gasteiger partial charge on any atom is -0.383 e. The molecule has 0 aliphatic carbocycles. The fourth-order valence-electron chi connectivity index (χ4n) is 1.81. The summed E-state index contributed by atoms with van der Waals surface area (Å²) < 4.78 is 7.16. The Morgan fingerprint density at radius 2 is 2.05 bits per heavy atom. The van der Waals surface area contributed by atoms with Crippen molar-refractivity contribution in [2.45, 2.75) is 57.8 Å². The second kappa shape index (κ2) is 7.79. The van der Waals surface area contributed by atoms with Gasteiger partial charge in [-0.25, -0.2) is 0 Å². The lowest BCUT2D eigenvalue weighted by molar-refractivity contribution is -0.119. The van der Waals surface area contributed by atoms with Gasteiger partial charge in [0.25, 0.3) is 0 Å². The first-order chi connectivity index (χ1) is 9.74. The van der Waals surface area contributed by atoms with Crippen LogP contribution in [0.1, 0.15) is 46.4 Å². The Labute approximate surface area is 131 Å². The van der Waals surface area contributed by atoms with E-state index in [2.05, 4.69) is 29.4 Å². The number of amides is 1. The van der Waals surface area contributed by atoms with E-state index in [1.165, 1.54) is 11.8 Å². The Kier molecular flexibility index (Phi) is 6.67. The van der Waals surface area contributed by atoms with Crippen LogP contribution >= 0.6 is 11.8 Å². The standard InChI is InChI=1S/C14H26N4O2S/c1-10(2)12-16-17-13(18(12)7-8-20-6)21-9-11(19)15-14(3,4)5/h10H,7-9H2,1-6H3,(H,15,19). The summed E-state index contributed by atoms with van der Waals surface area (Å²) in [6.45, 7) is 11.3. The average Bonchev–Trinajstić information content (AvgIpc) is 2.74. The summed E-state index contributed by atoms with van der Waals surface area (Å²) in [5.74, 6) is 1.54. The highest BCUT2D eigenvalue weighted by atomic mass is 32.2. The van der Waals surface area contributed by atoms with Crippen molar-refractivity contribution in [3.8, 4) is 0 Å². The second-order valence-corrected chi connectivity index (χ2v) is 7.17. The smallest absolute Gasteiger partial charge is 0.230 e. The first kappa shape index (κ1) is 18.0. The molecule has 0 aliphatic heterocycles. The number of nitrogens with one attached hydrogen (secondary N) is 1. The van der Waals surface area contributed by atoms with Gasteiger partial charge in [0, 0.05) is 25.1 Å². The first-order valence-corrected chi connectivity index (χ1v) is 8.09. The highest BCUT2D eigenvalue weighted by Crippen LogP contribution is 2.21. The summed E-state index contributed by atoms with van der Waals surface area (Å²) in [4.78, 5) is 11.9. The normalized spacial score (nSPS) is 12.0. The zero-order chi connectivity index (χ0) is 16.0. The first-order valence-electron chi connectivity index (χ1n) is 7.10. The number of thioether (sulfide) groups is 1. The number of hydrogen-bond acceptors (Lipinski definition) is 5. The van der Waals surface area contributed by atoms with Crippen molar-refractivity contribution in [2.24, 2.45) is 0 Å². The van der Waals surface area contributed by atoms with Gasteiger partial charge in [0.15, 0.2) is 5.16 Å². The third-order valence-corrected chi connectivity index (χ3v) is 3.59. The molecule has 0 bridgehead atoms. The Morgan fingerprint density at radius 3 is 2.57 bits per heavy atom. The van der Waals surface area contributed by atoms with E-state index in [9.17, 15) is 4.79 Å². The molecule has 1 heterocycles. The number of carbonyl (C=O) groups excluding carboxylic acids is 1. The lowest BCUT2D eigenvalue weighted by Gasteiger charge is -2.20. The van der Waals surface area contributed by atoms with Gasteiger partial charge >= 0.3 is 0 Å². The Morgan fingerprint density at radius 1 is 1.38 bits per heavy atom. The van der Waals surface area contributed by atoms with Crippen LogP contribution in [0.15, 0.2) is 5.16 Å². The van der Waals surface area contributed by atoms with Gasteiger partial charge in [-0.05, 0) is 20.8 Å². The molecular weight excluding hydrogens is 288 g/mol. The maximum atomic E-state index is 11.9. The molecule has 1 aromatic heterocycles. The van der Waals surface area contributed by atoms with Crippen LogP contribution < -0.4 is 5.32 Å². The van der Waals surface area contributed by atoms with Crippen LogP contribution in [-0.2, 0) is 16.1 Å². The van der Waals surface area contributed by atoms with E-state index >= 15 is 0 Å². The molecular formula is C14H26N4O2S. The highest BCUT2D eigenvalue weighted by molar-refractivity contribution is 7.99. The van der Waals surface area contributed by atoms with E-state index in [0.717, 1.165) is 11.0 Å². The Bertz CT molecular complexity index is 466. The minimum atomic E-state index is -0.218. The maximum Gasteiger partial charge on any atom is 0.230 e. The summed E-state index contributed by atoms with van der Waals surface area (Å²) >= 11 is 1.41. The van der Waals surface area contributed by atoms with Crippen molar-refractivity contribution >= 4 is 17.7 Å². The zero-order valence-electron chi connectivity index (χ0n) is 13.8.